The Kier molecular flexibility index (Phi) is 5.99. The fourth-order valence-electron chi connectivity index (χ4n) is 2.78. The largest absolute Gasteiger partial charge is 0.457 e. The zero-order valence-corrected chi connectivity index (χ0v) is 17.1. The smallest absolute Gasteiger partial charge is 0.331 e. The summed E-state index contributed by atoms with van der Waals surface area (Å²) in [4.78, 5) is 12.1. The van der Waals surface area contributed by atoms with E-state index in [1.807, 2.05) is 26.0 Å². The molecule has 0 aliphatic rings. The molecule has 0 spiro atoms. The molecular formula is C21H22ClN3O3. The van der Waals surface area contributed by atoms with E-state index in [-0.39, 0.29) is 6.61 Å². The second-order valence-corrected chi connectivity index (χ2v) is 7.03. The molecular weight excluding hydrogens is 378 g/mol. The first-order chi connectivity index (χ1) is 13.3. The lowest BCUT2D eigenvalue weighted by Crippen LogP contribution is -2.02. The van der Waals surface area contributed by atoms with Crippen molar-refractivity contribution in [3.05, 3.63) is 74.9 Å². The van der Waals surface area contributed by atoms with Crippen LogP contribution in [0, 0.1) is 27.7 Å². The number of ether oxygens (including phenoxy) is 1. The summed E-state index contributed by atoms with van der Waals surface area (Å²) in [5, 5.41) is 8.80. The lowest BCUT2D eigenvalue weighted by molar-refractivity contribution is -0.138. The van der Waals surface area contributed by atoms with E-state index < -0.39 is 5.97 Å². The van der Waals surface area contributed by atoms with Gasteiger partial charge in [0, 0.05) is 11.6 Å². The third kappa shape index (κ3) is 4.51. The highest BCUT2D eigenvalue weighted by Crippen LogP contribution is 2.22. The minimum Gasteiger partial charge on any atom is -0.457 e. The monoisotopic (exact) mass is 399 g/mol. The van der Waals surface area contributed by atoms with Gasteiger partial charge in [0.25, 0.3) is 0 Å². The average Bonchev–Trinajstić information content (AvgIpc) is 3.12. The molecule has 0 unspecified atom stereocenters. The molecule has 3 aromatic rings. The standard InChI is InChI=1S/C21H22ClN3O3/c1-13-5-7-17(8-6-13)11-25-21(22)18(14(2)23-25)9-10-20(26)27-12-19-15(3)24-28-16(19)4/h5-10H,11-12H2,1-4H3/b10-9+. The van der Waals surface area contributed by atoms with Gasteiger partial charge in [0.1, 0.15) is 17.5 Å². The number of nitrogens with zero attached hydrogens (tertiary/aromatic N) is 3. The van der Waals surface area contributed by atoms with Crippen LogP contribution in [0.2, 0.25) is 5.15 Å². The van der Waals surface area contributed by atoms with E-state index in [1.165, 1.54) is 11.6 Å². The maximum absolute atomic E-state index is 12.1. The minimum atomic E-state index is -0.471. The van der Waals surface area contributed by atoms with E-state index in [4.69, 9.17) is 20.9 Å². The van der Waals surface area contributed by atoms with Crippen LogP contribution in [0.5, 0.6) is 0 Å². The summed E-state index contributed by atoms with van der Waals surface area (Å²) in [5.74, 6) is 0.173. The van der Waals surface area contributed by atoms with Gasteiger partial charge in [0.2, 0.25) is 0 Å². The molecule has 0 N–H and O–H groups in total. The van der Waals surface area contributed by atoms with Crippen molar-refractivity contribution in [3.63, 3.8) is 0 Å². The van der Waals surface area contributed by atoms with Crippen molar-refractivity contribution in [3.8, 4) is 0 Å². The maximum atomic E-state index is 12.1. The molecule has 2 heterocycles. The molecule has 6 nitrogen and oxygen atoms in total. The first-order valence-electron chi connectivity index (χ1n) is 8.90. The Morgan fingerprint density at radius 1 is 1.18 bits per heavy atom. The molecule has 2 aromatic heterocycles. The number of halogens is 1. The second-order valence-electron chi connectivity index (χ2n) is 6.68. The first-order valence-corrected chi connectivity index (χ1v) is 9.28. The van der Waals surface area contributed by atoms with Crippen molar-refractivity contribution in [1.82, 2.24) is 14.9 Å². The third-order valence-corrected chi connectivity index (χ3v) is 4.89. The summed E-state index contributed by atoms with van der Waals surface area (Å²) in [6.07, 6.45) is 2.98. The Morgan fingerprint density at radius 2 is 1.89 bits per heavy atom. The van der Waals surface area contributed by atoms with Crippen molar-refractivity contribution >= 4 is 23.6 Å². The molecule has 0 fully saturated rings. The number of carbonyl (C=O) groups excluding carboxylic acids is 1. The average molecular weight is 400 g/mol. The number of aromatic nitrogens is 3. The number of aryl methyl sites for hydroxylation is 4. The van der Waals surface area contributed by atoms with Crippen LogP contribution in [0.15, 0.2) is 34.9 Å². The lowest BCUT2D eigenvalue weighted by atomic mass is 10.1. The first kappa shape index (κ1) is 19.9. The molecule has 3 rings (SSSR count). The fourth-order valence-corrected chi connectivity index (χ4v) is 3.08. The Bertz CT molecular complexity index is 997. The van der Waals surface area contributed by atoms with Gasteiger partial charge < -0.3 is 9.26 Å². The maximum Gasteiger partial charge on any atom is 0.331 e. The summed E-state index contributed by atoms with van der Waals surface area (Å²) < 4.78 is 12.0. The zero-order valence-electron chi connectivity index (χ0n) is 16.3. The van der Waals surface area contributed by atoms with Gasteiger partial charge in [-0.2, -0.15) is 5.10 Å². The molecule has 28 heavy (non-hydrogen) atoms. The highest BCUT2D eigenvalue weighted by atomic mass is 35.5. The van der Waals surface area contributed by atoms with E-state index in [0.717, 1.165) is 16.8 Å². The molecule has 0 aliphatic heterocycles. The fraction of sp³-hybridized carbons (Fsp3) is 0.286. The van der Waals surface area contributed by atoms with Crippen LogP contribution >= 0.6 is 11.6 Å². The number of hydrogen-bond acceptors (Lipinski definition) is 5. The predicted octanol–water partition coefficient (Wildman–Crippen LogP) is 4.56. The van der Waals surface area contributed by atoms with E-state index in [0.29, 0.717) is 28.7 Å². The van der Waals surface area contributed by atoms with Crippen LogP contribution in [-0.2, 0) is 22.7 Å². The van der Waals surface area contributed by atoms with Crippen LogP contribution in [0.3, 0.4) is 0 Å². The third-order valence-electron chi connectivity index (χ3n) is 4.49. The van der Waals surface area contributed by atoms with Crippen molar-refractivity contribution in [2.75, 3.05) is 0 Å². The number of rotatable bonds is 6. The van der Waals surface area contributed by atoms with Crippen LogP contribution in [0.25, 0.3) is 6.08 Å². The number of carbonyl (C=O) groups is 1. The van der Waals surface area contributed by atoms with Gasteiger partial charge in [0.15, 0.2) is 0 Å². The van der Waals surface area contributed by atoms with Gasteiger partial charge in [-0.3, -0.25) is 0 Å². The van der Waals surface area contributed by atoms with Gasteiger partial charge in [-0.05, 0) is 39.3 Å². The molecule has 146 valence electrons. The normalized spacial score (nSPS) is 11.3. The summed E-state index contributed by atoms with van der Waals surface area (Å²) in [5.41, 5.74) is 5.23. The summed E-state index contributed by atoms with van der Waals surface area (Å²) in [7, 11) is 0. The van der Waals surface area contributed by atoms with Crippen molar-refractivity contribution in [1.29, 1.82) is 0 Å². The Balaban J connectivity index is 1.67. The van der Waals surface area contributed by atoms with Crippen LogP contribution in [0.1, 0.15) is 39.4 Å². The molecule has 7 heteroatoms. The molecule has 0 atom stereocenters. The van der Waals surface area contributed by atoms with Crippen molar-refractivity contribution < 1.29 is 14.1 Å². The van der Waals surface area contributed by atoms with Gasteiger partial charge in [-0.25, -0.2) is 9.48 Å². The van der Waals surface area contributed by atoms with Gasteiger partial charge >= 0.3 is 5.97 Å². The number of hydrogen-bond donors (Lipinski definition) is 0. The van der Waals surface area contributed by atoms with Crippen LogP contribution in [-0.4, -0.2) is 20.9 Å². The Hall–Kier alpha value is -2.86. The second kappa shape index (κ2) is 8.44. The van der Waals surface area contributed by atoms with Crippen molar-refractivity contribution in [2.24, 2.45) is 0 Å². The number of esters is 1. The molecule has 0 bridgehead atoms. The minimum absolute atomic E-state index is 0.115. The van der Waals surface area contributed by atoms with Crippen LogP contribution < -0.4 is 0 Å². The molecule has 0 radical (unpaired) electrons. The van der Waals surface area contributed by atoms with Gasteiger partial charge in [-0.1, -0.05) is 46.6 Å². The predicted molar refractivity (Wildman–Crippen MR) is 107 cm³/mol. The Morgan fingerprint density at radius 3 is 2.54 bits per heavy atom. The summed E-state index contributed by atoms with van der Waals surface area (Å²) >= 11 is 6.47. The Labute approximate surface area is 168 Å². The van der Waals surface area contributed by atoms with E-state index >= 15 is 0 Å². The van der Waals surface area contributed by atoms with E-state index in [2.05, 4.69) is 22.4 Å². The lowest BCUT2D eigenvalue weighted by Gasteiger charge is -2.04. The zero-order chi connectivity index (χ0) is 20.3. The van der Waals surface area contributed by atoms with Gasteiger partial charge in [0.05, 0.1) is 23.5 Å². The quantitative estimate of drug-likeness (QED) is 0.448. The number of benzene rings is 1. The van der Waals surface area contributed by atoms with Gasteiger partial charge in [-0.15, -0.1) is 0 Å². The van der Waals surface area contributed by atoms with Crippen molar-refractivity contribution in [2.45, 2.75) is 40.8 Å². The SMILES string of the molecule is Cc1ccc(Cn2nc(C)c(/C=C/C(=O)OCc3c(C)noc3C)c2Cl)cc1. The highest BCUT2D eigenvalue weighted by Gasteiger charge is 2.13. The van der Waals surface area contributed by atoms with Crippen LogP contribution in [0.4, 0.5) is 0 Å². The topological polar surface area (TPSA) is 70.2 Å². The highest BCUT2D eigenvalue weighted by molar-refractivity contribution is 6.31. The molecule has 0 aliphatic carbocycles. The molecule has 1 aromatic carbocycles. The van der Waals surface area contributed by atoms with E-state index in [9.17, 15) is 4.79 Å². The van der Waals surface area contributed by atoms with E-state index in [1.54, 1.807) is 24.6 Å². The molecule has 0 amide bonds. The summed E-state index contributed by atoms with van der Waals surface area (Å²) in [6.45, 7) is 8.16. The summed E-state index contributed by atoms with van der Waals surface area (Å²) in [6, 6.07) is 8.19. The molecule has 0 saturated carbocycles. The molecule has 0 saturated heterocycles.